The number of benzene rings is 4. The highest BCUT2D eigenvalue weighted by atomic mass is 35.5. The van der Waals surface area contributed by atoms with Crippen molar-refractivity contribution in [2.24, 2.45) is 11.5 Å². The standard InChI is InChI=1S/C28H22N8O.4ClH/c29-25(30)17-5-11-21-23(13-17)35-27(33-21)15-1-7-19(8-2-15)37-20-9-3-16(4-10-20)28-34-22-12-6-18(26(31)32)14-24(22)36-28;;;;/h1-14H,(H3,29,30)(H3,31,32)(H,33,35)(H,34,36);4*1H. The molecule has 6 aromatic rings. The fourth-order valence-corrected chi connectivity index (χ4v) is 4.12. The number of hydrogen-bond acceptors (Lipinski definition) is 5. The zero-order valence-electron chi connectivity index (χ0n) is 21.2. The maximum Gasteiger partial charge on any atom is 0.138 e. The number of rotatable bonds is 6. The molecule has 6 rings (SSSR count). The predicted octanol–water partition coefficient (Wildman–Crippen LogP) is 6.82. The molecule has 0 saturated carbocycles. The lowest BCUT2D eigenvalue weighted by molar-refractivity contribution is 0.483. The van der Waals surface area contributed by atoms with Crippen LogP contribution >= 0.6 is 49.6 Å². The molecule has 0 saturated heterocycles. The molecule has 0 aliphatic heterocycles. The average molecular weight is 632 g/mol. The highest BCUT2D eigenvalue weighted by molar-refractivity contribution is 5.99. The van der Waals surface area contributed by atoms with Crippen molar-refractivity contribution >= 4 is 83.4 Å². The molecule has 13 heteroatoms. The molecule has 9 nitrogen and oxygen atoms in total. The molecule has 2 aromatic heterocycles. The van der Waals surface area contributed by atoms with Gasteiger partial charge in [0.15, 0.2) is 0 Å². The Morgan fingerprint density at radius 3 is 1.27 bits per heavy atom. The topological polar surface area (TPSA) is 166 Å². The number of aromatic nitrogens is 4. The van der Waals surface area contributed by atoms with E-state index in [1.807, 2.05) is 60.7 Å². The van der Waals surface area contributed by atoms with Gasteiger partial charge in [0.05, 0.1) is 22.1 Å². The number of aromatic amines is 2. The highest BCUT2D eigenvalue weighted by Gasteiger charge is 2.10. The second kappa shape index (κ2) is 13.4. The Morgan fingerprint density at radius 2 is 0.927 bits per heavy atom. The van der Waals surface area contributed by atoms with Gasteiger partial charge >= 0.3 is 0 Å². The van der Waals surface area contributed by atoms with E-state index in [4.69, 9.17) is 27.0 Å². The number of nitrogens with two attached hydrogens (primary N) is 2. The minimum absolute atomic E-state index is 0. The Bertz CT molecular complexity index is 1680. The van der Waals surface area contributed by atoms with Crippen molar-refractivity contribution in [2.45, 2.75) is 0 Å². The second-order valence-electron chi connectivity index (χ2n) is 8.61. The van der Waals surface area contributed by atoms with Gasteiger partial charge in [-0.2, -0.15) is 0 Å². The number of fused-ring (bicyclic) bond motifs is 2. The molecule has 0 atom stereocenters. The van der Waals surface area contributed by atoms with Crippen LogP contribution in [0.2, 0.25) is 0 Å². The molecule has 8 N–H and O–H groups in total. The first-order valence-electron chi connectivity index (χ1n) is 11.5. The van der Waals surface area contributed by atoms with Gasteiger partial charge < -0.3 is 26.2 Å². The molecule has 0 fully saturated rings. The number of ether oxygens (including phenoxy) is 1. The van der Waals surface area contributed by atoms with Gasteiger partial charge in [-0.1, -0.05) is 0 Å². The van der Waals surface area contributed by atoms with E-state index in [1.165, 1.54) is 0 Å². The molecular formula is C28H26Cl4N8O. The summed E-state index contributed by atoms with van der Waals surface area (Å²) in [5, 5.41) is 15.2. The average Bonchev–Trinajstić information content (AvgIpc) is 3.53. The van der Waals surface area contributed by atoms with E-state index in [0.29, 0.717) is 22.6 Å². The van der Waals surface area contributed by atoms with Crippen LogP contribution in [0.1, 0.15) is 11.1 Å². The molecule has 41 heavy (non-hydrogen) atoms. The molecule has 0 spiro atoms. The minimum Gasteiger partial charge on any atom is -0.457 e. The summed E-state index contributed by atoms with van der Waals surface area (Å²) in [5.41, 5.74) is 17.6. The van der Waals surface area contributed by atoms with Crippen molar-refractivity contribution in [3.63, 3.8) is 0 Å². The second-order valence-corrected chi connectivity index (χ2v) is 8.61. The summed E-state index contributed by atoms with van der Waals surface area (Å²) >= 11 is 0. The number of nitrogen functional groups attached to an aromatic ring is 2. The predicted molar refractivity (Wildman–Crippen MR) is 174 cm³/mol. The van der Waals surface area contributed by atoms with E-state index < -0.39 is 0 Å². The van der Waals surface area contributed by atoms with Crippen LogP contribution < -0.4 is 16.2 Å². The smallest absolute Gasteiger partial charge is 0.138 e. The molecule has 0 aliphatic carbocycles. The maximum absolute atomic E-state index is 7.61. The Labute approximate surface area is 259 Å². The van der Waals surface area contributed by atoms with Gasteiger partial charge in [0.25, 0.3) is 0 Å². The van der Waals surface area contributed by atoms with Crippen LogP contribution in [0.25, 0.3) is 44.8 Å². The van der Waals surface area contributed by atoms with Crippen molar-refractivity contribution in [1.29, 1.82) is 10.8 Å². The van der Waals surface area contributed by atoms with Crippen LogP contribution in [-0.2, 0) is 0 Å². The molecular weight excluding hydrogens is 606 g/mol. The SMILES string of the molecule is Cl.Cl.Cl.Cl.N=C(N)c1ccc2[nH]c(-c3ccc(Oc4ccc(-c5nc6cc(C(=N)N)ccc6[nH]5)cc4)cc3)nc2c1. The van der Waals surface area contributed by atoms with Crippen LogP contribution in [-0.4, -0.2) is 31.6 Å². The molecule has 0 radical (unpaired) electrons. The number of halogens is 4. The molecule has 0 amide bonds. The van der Waals surface area contributed by atoms with Gasteiger partial charge in [-0.25, -0.2) is 9.97 Å². The minimum atomic E-state index is 0. The maximum atomic E-state index is 7.61. The Kier molecular flexibility index (Phi) is 10.7. The van der Waals surface area contributed by atoms with Crippen molar-refractivity contribution in [1.82, 2.24) is 19.9 Å². The normalized spacial score (nSPS) is 10.0. The van der Waals surface area contributed by atoms with E-state index in [0.717, 1.165) is 44.8 Å². The number of nitrogens with one attached hydrogen (secondary N) is 4. The molecule has 4 aromatic carbocycles. The lowest BCUT2D eigenvalue weighted by atomic mass is 10.2. The number of amidine groups is 2. The van der Waals surface area contributed by atoms with Gasteiger partial charge in [-0.3, -0.25) is 10.8 Å². The highest BCUT2D eigenvalue weighted by Crippen LogP contribution is 2.28. The molecule has 2 heterocycles. The number of nitrogens with zero attached hydrogens (tertiary/aromatic N) is 2. The first kappa shape index (κ1) is 32.9. The van der Waals surface area contributed by atoms with Gasteiger partial charge in [-0.15, -0.1) is 49.6 Å². The molecule has 0 aliphatic rings. The van der Waals surface area contributed by atoms with Gasteiger partial charge in [0.2, 0.25) is 0 Å². The van der Waals surface area contributed by atoms with Gasteiger partial charge in [0, 0.05) is 22.3 Å². The monoisotopic (exact) mass is 630 g/mol. The third-order valence-corrected chi connectivity index (χ3v) is 6.08. The van der Waals surface area contributed by atoms with Crippen molar-refractivity contribution in [2.75, 3.05) is 0 Å². The summed E-state index contributed by atoms with van der Waals surface area (Å²) in [7, 11) is 0. The molecule has 0 unspecified atom stereocenters. The quantitative estimate of drug-likeness (QED) is 0.0874. The molecule has 212 valence electrons. The largest absolute Gasteiger partial charge is 0.457 e. The van der Waals surface area contributed by atoms with Crippen LogP contribution in [0, 0.1) is 10.8 Å². The summed E-state index contributed by atoms with van der Waals surface area (Å²) in [6, 6.07) is 26.3. The van der Waals surface area contributed by atoms with Gasteiger partial charge in [-0.05, 0) is 84.9 Å². The first-order chi connectivity index (χ1) is 17.9. The fourth-order valence-electron chi connectivity index (χ4n) is 4.12. The number of imidazole rings is 2. The van der Waals surface area contributed by atoms with E-state index in [1.54, 1.807) is 24.3 Å². The summed E-state index contributed by atoms with van der Waals surface area (Å²) in [4.78, 5) is 15.9. The van der Waals surface area contributed by atoms with E-state index >= 15 is 0 Å². The third kappa shape index (κ3) is 6.72. The van der Waals surface area contributed by atoms with Crippen LogP contribution in [0.5, 0.6) is 11.5 Å². The zero-order chi connectivity index (χ0) is 25.5. The van der Waals surface area contributed by atoms with Crippen molar-refractivity contribution in [3.05, 3.63) is 96.1 Å². The van der Waals surface area contributed by atoms with Crippen LogP contribution in [0.3, 0.4) is 0 Å². The van der Waals surface area contributed by atoms with Crippen molar-refractivity contribution in [3.8, 4) is 34.3 Å². The summed E-state index contributed by atoms with van der Waals surface area (Å²) in [6.45, 7) is 0. The zero-order valence-corrected chi connectivity index (χ0v) is 24.4. The molecule has 0 bridgehead atoms. The lowest BCUT2D eigenvalue weighted by Crippen LogP contribution is -2.10. The number of hydrogen-bond donors (Lipinski definition) is 6. The Morgan fingerprint density at radius 1 is 0.561 bits per heavy atom. The van der Waals surface area contributed by atoms with E-state index in [2.05, 4.69) is 19.9 Å². The number of H-pyrrole nitrogens is 2. The van der Waals surface area contributed by atoms with Crippen LogP contribution in [0.15, 0.2) is 84.9 Å². The Hall–Kier alpha value is -4.28. The van der Waals surface area contributed by atoms with Gasteiger partial charge in [0.1, 0.15) is 34.8 Å². The van der Waals surface area contributed by atoms with Crippen molar-refractivity contribution < 1.29 is 4.74 Å². The lowest BCUT2D eigenvalue weighted by Gasteiger charge is -2.07. The Balaban J connectivity index is 0.00000147. The fraction of sp³-hybridized carbons (Fsp3) is 0. The summed E-state index contributed by atoms with van der Waals surface area (Å²) in [6.07, 6.45) is 0. The van der Waals surface area contributed by atoms with E-state index in [9.17, 15) is 0 Å². The summed E-state index contributed by atoms with van der Waals surface area (Å²) < 4.78 is 6.03. The summed E-state index contributed by atoms with van der Waals surface area (Å²) in [5.74, 6) is 2.89. The van der Waals surface area contributed by atoms with E-state index in [-0.39, 0.29) is 61.3 Å². The third-order valence-electron chi connectivity index (χ3n) is 6.08. The first-order valence-corrected chi connectivity index (χ1v) is 11.5. The van der Waals surface area contributed by atoms with Crippen LogP contribution in [0.4, 0.5) is 0 Å².